The maximum atomic E-state index is 15.4. The van der Waals surface area contributed by atoms with E-state index in [9.17, 15) is 86.8 Å². The number of carbonyl (C=O) groups is 1. The van der Waals surface area contributed by atoms with Gasteiger partial charge in [0.15, 0.2) is 31.3 Å². The molecule has 28 nitrogen and oxygen atoms in total. The fraction of sp³-hybridized carbons (Fsp3) is 0.947. The standard InChI is InChI=1S/C57H92O28/c1-22-42(81-46-41(74)43(27(64)19-76-46)82-48-38(71)35(68)29(17-59)79-48)37(70)40(73)47(78-22)83-44-33(66)26(63)18-77-50(44)85-51(75)57-12-11-52(2,3)13-24(57)23-7-8-30-53(4)14-25(62)45(84-49-39(72)36(69)34(67)28(16-58)80-49)56(20-60,21-61)31(53)9-10-54(30,5)55(23,6)15-32(57)65/h7,22,24-50,58-74H,8-21H2,1-6H3/t22-,24-,25-,26-,27+,28+,29+,30+,31+,32+,33-,34+,35+,36-,37-,38+,39+,40+,41+,42-,43-,44+,45-,46-,47-,48-,49-,50-,53+,54+,55+,57+/m0/s1. The fourth-order valence-electron chi connectivity index (χ4n) is 17.5. The van der Waals surface area contributed by atoms with Crippen LogP contribution in [0, 0.1) is 50.2 Å². The SMILES string of the molecule is C[C@@H]1O[C@@H](O[C@H]2[C@H](OC(=O)[C@]34CCC(C)(C)C[C@H]3C3=CC[C@@H]5[C@@]6(C)C[C@H](O)[C@H](O[C@@H]7O[C@H](CO)[C@@H](O)[C@H](O)[C@H]7O)C(CO)(CO)[C@@H]6CC[C@@]5(C)[C@]3(C)C[C@H]4O)OC[C@H](O)[C@@H]2O)[C@H](O)[C@H](O)[C@H]1O[C@@H]1OC[C@@H](O)[C@H](O[C@@H]2O[C@H](CO)[C@@H](O)[C@H]2O)[C@H]1O. The quantitative estimate of drug-likeness (QED) is 0.0439. The molecule has 0 aromatic heterocycles. The summed E-state index contributed by atoms with van der Waals surface area (Å²) in [6.07, 6.45) is -35.4. The van der Waals surface area contributed by atoms with E-state index in [4.69, 9.17) is 47.4 Å². The summed E-state index contributed by atoms with van der Waals surface area (Å²) >= 11 is 0. The number of rotatable bonds is 14. The Morgan fingerprint density at radius 3 is 1.76 bits per heavy atom. The van der Waals surface area contributed by atoms with Crippen molar-refractivity contribution in [2.75, 3.05) is 39.6 Å². The van der Waals surface area contributed by atoms with E-state index in [-0.39, 0.29) is 30.6 Å². The zero-order valence-electron chi connectivity index (χ0n) is 48.7. The van der Waals surface area contributed by atoms with Gasteiger partial charge in [0, 0.05) is 5.41 Å². The third kappa shape index (κ3) is 10.7. The molecule has 0 bridgehead atoms. The summed E-state index contributed by atoms with van der Waals surface area (Å²) in [6.45, 7) is 8.15. The van der Waals surface area contributed by atoms with Crippen molar-refractivity contribution < 1.29 is 139 Å². The van der Waals surface area contributed by atoms with Gasteiger partial charge in [0.2, 0.25) is 6.29 Å². The number of hydrogen-bond donors (Lipinski definition) is 17. The molecule has 488 valence electrons. The first-order chi connectivity index (χ1) is 39.9. The molecule has 17 N–H and O–H groups in total. The van der Waals surface area contributed by atoms with E-state index in [2.05, 4.69) is 33.8 Å². The lowest BCUT2D eigenvalue weighted by molar-refractivity contribution is -0.372. The number of ether oxygens (including phenoxy) is 10. The van der Waals surface area contributed by atoms with Crippen LogP contribution in [0.2, 0.25) is 0 Å². The molecule has 10 rings (SSSR count). The molecule has 5 aliphatic heterocycles. The average Bonchev–Trinajstić information content (AvgIpc) is 0.954. The van der Waals surface area contributed by atoms with Gasteiger partial charge in [-0.1, -0.05) is 46.3 Å². The molecule has 0 aromatic carbocycles. The number of carbonyl (C=O) groups excluding carboxylic acids is 1. The van der Waals surface area contributed by atoms with Crippen LogP contribution in [0.1, 0.15) is 92.9 Å². The second-order valence-corrected chi connectivity index (χ2v) is 27.7. The molecule has 10 aliphatic rings. The fourth-order valence-corrected chi connectivity index (χ4v) is 17.5. The molecule has 85 heavy (non-hydrogen) atoms. The normalized spacial score (nSPS) is 54.0. The Balaban J connectivity index is 0.864. The van der Waals surface area contributed by atoms with E-state index >= 15 is 4.79 Å². The summed E-state index contributed by atoms with van der Waals surface area (Å²) < 4.78 is 58.6. The van der Waals surface area contributed by atoms with E-state index in [1.54, 1.807) is 0 Å². The number of allylic oxidation sites excluding steroid dienone is 2. The van der Waals surface area contributed by atoms with Gasteiger partial charge in [-0.25, -0.2) is 0 Å². The third-order valence-corrected chi connectivity index (χ3v) is 22.5. The smallest absolute Gasteiger partial charge is 0.317 e. The molecule has 0 aromatic rings. The lowest BCUT2D eigenvalue weighted by Crippen LogP contribution is -2.71. The molecule has 4 saturated carbocycles. The molecule has 28 heteroatoms. The van der Waals surface area contributed by atoms with E-state index in [1.807, 2.05) is 6.92 Å². The topological polar surface area (TPSA) is 453 Å². The minimum Gasteiger partial charge on any atom is -0.432 e. The van der Waals surface area contributed by atoms with E-state index in [1.165, 1.54) is 6.92 Å². The van der Waals surface area contributed by atoms with Crippen molar-refractivity contribution in [3.8, 4) is 0 Å². The molecule has 0 unspecified atom stereocenters. The maximum absolute atomic E-state index is 15.4. The van der Waals surface area contributed by atoms with Crippen LogP contribution in [0.5, 0.6) is 0 Å². The largest absolute Gasteiger partial charge is 0.432 e. The summed E-state index contributed by atoms with van der Waals surface area (Å²) in [6, 6.07) is 0. The van der Waals surface area contributed by atoms with E-state index < -0.39 is 238 Å². The molecular weight excluding hydrogens is 1130 g/mol. The van der Waals surface area contributed by atoms with E-state index in [0.717, 1.165) is 5.57 Å². The number of aliphatic hydroxyl groups is 17. The molecule has 0 radical (unpaired) electrons. The summed E-state index contributed by atoms with van der Waals surface area (Å²) in [4.78, 5) is 15.4. The minimum absolute atomic E-state index is 0.0769. The number of esters is 1. The van der Waals surface area contributed by atoms with Crippen molar-refractivity contribution in [2.45, 2.75) is 246 Å². The highest BCUT2D eigenvalue weighted by Gasteiger charge is 2.74. The van der Waals surface area contributed by atoms with Gasteiger partial charge in [0.25, 0.3) is 0 Å². The van der Waals surface area contributed by atoms with Crippen LogP contribution >= 0.6 is 0 Å². The van der Waals surface area contributed by atoms with Crippen LogP contribution in [0.15, 0.2) is 11.6 Å². The van der Waals surface area contributed by atoms with Gasteiger partial charge < -0.3 is 134 Å². The zero-order chi connectivity index (χ0) is 62.0. The van der Waals surface area contributed by atoms with E-state index in [0.29, 0.717) is 32.1 Å². The molecular formula is C57H92O28. The van der Waals surface area contributed by atoms with Crippen molar-refractivity contribution >= 4 is 5.97 Å². The molecule has 5 heterocycles. The van der Waals surface area contributed by atoms with Crippen LogP contribution in [-0.2, 0) is 52.2 Å². The second kappa shape index (κ2) is 24.3. The van der Waals surface area contributed by atoms with Gasteiger partial charge in [0.05, 0.1) is 64.1 Å². The Kier molecular flexibility index (Phi) is 18.9. The molecule has 0 amide bonds. The molecule has 5 aliphatic carbocycles. The van der Waals surface area contributed by atoms with Gasteiger partial charge >= 0.3 is 5.97 Å². The molecule has 32 atom stereocenters. The molecule has 0 spiro atoms. The predicted molar refractivity (Wildman–Crippen MR) is 282 cm³/mol. The Morgan fingerprint density at radius 2 is 1.12 bits per heavy atom. The van der Waals surface area contributed by atoms with Gasteiger partial charge in [-0.05, 0) is 97.7 Å². The monoisotopic (exact) mass is 1220 g/mol. The third-order valence-electron chi connectivity index (χ3n) is 22.5. The predicted octanol–water partition coefficient (Wildman–Crippen LogP) is -5.38. The summed E-state index contributed by atoms with van der Waals surface area (Å²) in [7, 11) is 0. The summed E-state index contributed by atoms with van der Waals surface area (Å²) in [5.41, 5.74) is -4.79. The van der Waals surface area contributed by atoms with Crippen LogP contribution in [0.3, 0.4) is 0 Å². The highest BCUT2D eigenvalue weighted by atomic mass is 16.8. The second-order valence-electron chi connectivity index (χ2n) is 27.7. The van der Waals surface area contributed by atoms with Crippen molar-refractivity contribution in [2.24, 2.45) is 50.2 Å². The first kappa shape index (κ1) is 66.1. The Morgan fingerprint density at radius 1 is 0.553 bits per heavy atom. The molecule has 9 fully saturated rings. The number of fused-ring (bicyclic) bond motifs is 7. The summed E-state index contributed by atoms with van der Waals surface area (Å²) in [5.74, 6) is -2.25. The number of aliphatic hydroxyl groups excluding tert-OH is 17. The first-order valence-electron chi connectivity index (χ1n) is 30.0. The van der Waals surface area contributed by atoms with Crippen LogP contribution < -0.4 is 0 Å². The van der Waals surface area contributed by atoms with Crippen molar-refractivity contribution in [1.82, 2.24) is 0 Å². The highest BCUT2D eigenvalue weighted by molar-refractivity contribution is 5.80. The lowest BCUT2D eigenvalue weighted by atomic mass is 9.33. The Labute approximate surface area is 491 Å². The summed E-state index contributed by atoms with van der Waals surface area (Å²) in [5, 5.41) is 187. The Bertz CT molecular complexity index is 2360. The molecule has 5 saturated heterocycles. The first-order valence-corrected chi connectivity index (χ1v) is 30.0. The lowest BCUT2D eigenvalue weighted by Gasteiger charge is -2.72. The van der Waals surface area contributed by atoms with Gasteiger partial charge in [0.1, 0.15) is 97.0 Å². The van der Waals surface area contributed by atoms with Gasteiger partial charge in [-0.15, -0.1) is 0 Å². The van der Waals surface area contributed by atoms with Gasteiger partial charge in [-0.3, -0.25) is 4.79 Å². The Hall–Kier alpha value is -1.83. The zero-order valence-corrected chi connectivity index (χ0v) is 48.7. The number of hydrogen-bond acceptors (Lipinski definition) is 28. The maximum Gasteiger partial charge on any atom is 0.317 e. The van der Waals surface area contributed by atoms with Crippen LogP contribution in [-0.4, -0.2) is 286 Å². The average molecular weight is 1230 g/mol. The van der Waals surface area contributed by atoms with Crippen molar-refractivity contribution in [1.29, 1.82) is 0 Å². The van der Waals surface area contributed by atoms with Crippen molar-refractivity contribution in [3.05, 3.63) is 11.6 Å². The van der Waals surface area contributed by atoms with Crippen LogP contribution in [0.25, 0.3) is 0 Å². The van der Waals surface area contributed by atoms with Gasteiger partial charge in [-0.2, -0.15) is 0 Å². The minimum atomic E-state index is -1.99. The van der Waals surface area contributed by atoms with Crippen molar-refractivity contribution in [3.63, 3.8) is 0 Å². The van der Waals surface area contributed by atoms with Crippen LogP contribution in [0.4, 0.5) is 0 Å². The highest BCUT2D eigenvalue weighted by Crippen LogP contribution is 2.76.